The summed E-state index contributed by atoms with van der Waals surface area (Å²) in [4.78, 5) is 14.5. The van der Waals surface area contributed by atoms with Crippen LogP contribution in [0.2, 0.25) is 0 Å². The van der Waals surface area contributed by atoms with E-state index in [9.17, 15) is 13.2 Å². The molecule has 0 aliphatic carbocycles. The zero-order valence-corrected chi connectivity index (χ0v) is 15.9. The fourth-order valence-electron chi connectivity index (χ4n) is 3.31. The summed E-state index contributed by atoms with van der Waals surface area (Å²) in [6.07, 6.45) is 1.76. The smallest absolute Gasteiger partial charge is 0.244 e. The van der Waals surface area contributed by atoms with Crippen molar-refractivity contribution >= 4 is 28.2 Å². The van der Waals surface area contributed by atoms with E-state index in [1.54, 1.807) is 13.1 Å². The lowest BCUT2D eigenvalue weighted by Crippen LogP contribution is -2.57. The van der Waals surface area contributed by atoms with Gasteiger partial charge in [-0.2, -0.15) is 0 Å². The Morgan fingerprint density at radius 3 is 2.52 bits per heavy atom. The van der Waals surface area contributed by atoms with E-state index in [-0.39, 0.29) is 25.1 Å². The first kappa shape index (κ1) is 19.8. The molecule has 0 aromatic heterocycles. The van der Waals surface area contributed by atoms with Crippen LogP contribution >= 0.6 is 12.4 Å². The summed E-state index contributed by atoms with van der Waals surface area (Å²) in [5, 5.41) is 3.12. The van der Waals surface area contributed by atoms with Gasteiger partial charge in [-0.25, -0.2) is 8.42 Å². The maximum absolute atomic E-state index is 13.0. The van der Waals surface area contributed by atoms with Crippen molar-refractivity contribution in [3.8, 4) is 11.5 Å². The summed E-state index contributed by atoms with van der Waals surface area (Å²) < 4.78 is 34.0. The number of fused-ring (bicyclic) bond motifs is 1. The van der Waals surface area contributed by atoms with Gasteiger partial charge < -0.3 is 19.7 Å². The quantitative estimate of drug-likeness (QED) is 0.824. The molecule has 1 aromatic carbocycles. The van der Waals surface area contributed by atoms with Crippen molar-refractivity contribution in [2.24, 2.45) is 0 Å². The Morgan fingerprint density at radius 2 is 1.88 bits per heavy atom. The summed E-state index contributed by atoms with van der Waals surface area (Å²) >= 11 is 0. The van der Waals surface area contributed by atoms with Gasteiger partial charge in [-0.05, 0) is 43.6 Å². The molecule has 1 saturated heterocycles. The second-order valence-electron chi connectivity index (χ2n) is 6.37. The number of nitrogens with zero attached hydrogens (tertiary/aromatic N) is 1. The average Bonchev–Trinajstić information content (AvgIpc) is 3.01. The highest BCUT2D eigenvalue weighted by atomic mass is 35.5. The Bertz CT molecular complexity index is 747. The number of hydrogen-bond donors (Lipinski definition) is 1. The third-order valence-electron chi connectivity index (χ3n) is 4.71. The largest absolute Gasteiger partial charge is 0.454 e. The number of carbonyl (C=O) groups excluding carboxylic acids is 1. The Balaban J connectivity index is 0.00000225. The molecule has 3 rings (SSSR count). The number of benzene rings is 1. The third-order valence-corrected chi connectivity index (χ3v) is 6.72. The van der Waals surface area contributed by atoms with Gasteiger partial charge in [0.1, 0.15) is 0 Å². The Labute approximate surface area is 154 Å². The first-order chi connectivity index (χ1) is 11.3. The number of piperidine rings is 1. The number of halogens is 1. The molecule has 1 aromatic rings. The van der Waals surface area contributed by atoms with Crippen LogP contribution in [0.25, 0.3) is 0 Å². The van der Waals surface area contributed by atoms with Gasteiger partial charge in [0.15, 0.2) is 26.1 Å². The minimum atomic E-state index is -3.51. The van der Waals surface area contributed by atoms with Crippen LogP contribution in [-0.2, 0) is 21.2 Å². The molecular formula is C16H23ClN2O5S. The van der Waals surface area contributed by atoms with E-state index in [2.05, 4.69) is 5.32 Å². The Hall–Kier alpha value is -1.51. The number of hydrogen-bond acceptors (Lipinski definition) is 6. The lowest BCUT2D eigenvalue weighted by molar-refractivity contribution is -0.134. The second-order valence-corrected chi connectivity index (χ2v) is 8.69. The molecule has 0 saturated carbocycles. The molecule has 140 valence electrons. The normalized spacial score (nSPS) is 18.3. The van der Waals surface area contributed by atoms with Crippen LogP contribution in [0.15, 0.2) is 18.2 Å². The molecule has 0 spiro atoms. The molecule has 25 heavy (non-hydrogen) atoms. The molecule has 1 N–H and O–H groups in total. The minimum Gasteiger partial charge on any atom is -0.454 e. The van der Waals surface area contributed by atoms with Gasteiger partial charge in [-0.15, -0.1) is 12.4 Å². The van der Waals surface area contributed by atoms with Crippen LogP contribution in [0, 0.1) is 0 Å². The standard InChI is InChI=1S/C16H22N2O5S.ClH/c1-18(10-12-3-4-13-14(9-12)23-11-22-13)15(19)16(24(2,20)21)5-7-17-8-6-16;/h3-4,9,17H,5-8,10-11H2,1-2H3;1H. The van der Waals surface area contributed by atoms with Crippen molar-refractivity contribution in [3.63, 3.8) is 0 Å². The lowest BCUT2D eigenvalue weighted by Gasteiger charge is -2.37. The molecule has 0 atom stereocenters. The van der Waals surface area contributed by atoms with Crippen molar-refractivity contribution in [3.05, 3.63) is 23.8 Å². The predicted octanol–water partition coefficient (Wildman–Crippen LogP) is 0.962. The van der Waals surface area contributed by atoms with Crippen molar-refractivity contribution in [2.75, 3.05) is 33.2 Å². The van der Waals surface area contributed by atoms with Gasteiger partial charge in [0.05, 0.1) is 0 Å². The third kappa shape index (κ3) is 3.70. The molecule has 2 aliphatic rings. The number of nitrogens with one attached hydrogen (secondary N) is 1. The highest BCUT2D eigenvalue weighted by Gasteiger charge is 2.49. The number of rotatable bonds is 4. The predicted molar refractivity (Wildman–Crippen MR) is 96.0 cm³/mol. The molecule has 2 heterocycles. The van der Waals surface area contributed by atoms with E-state index in [1.165, 1.54) is 4.90 Å². The van der Waals surface area contributed by atoms with Gasteiger partial charge in [0.25, 0.3) is 0 Å². The van der Waals surface area contributed by atoms with Crippen LogP contribution in [0.1, 0.15) is 18.4 Å². The first-order valence-corrected chi connectivity index (χ1v) is 9.77. The molecule has 9 heteroatoms. The summed E-state index contributed by atoms with van der Waals surface area (Å²) in [5.74, 6) is 0.982. The molecule has 1 amide bonds. The fraction of sp³-hybridized carbons (Fsp3) is 0.562. The SMILES string of the molecule is CN(Cc1ccc2c(c1)OCO2)C(=O)C1(S(C)(=O)=O)CCNCC1.Cl. The summed E-state index contributed by atoms with van der Waals surface area (Å²) in [6.45, 7) is 1.56. The van der Waals surface area contributed by atoms with E-state index < -0.39 is 14.6 Å². The highest BCUT2D eigenvalue weighted by molar-refractivity contribution is 7.92. The van der Waals surface area contributed by atoms with Crippen LogP contribution in [-0.4, -0.2) is 57.2 Å². The minimum absolute atomic E-state index is 0. The van der Waals surface area contributed by atoms with Crippen molar-refractivity contribution in [1.82, 2.24) is 10.2 Å². The molecule has 7 nitrogen and oxygen atoms in total. The van der Waals surface area contributed by atoms with Crippen molar-refractivity contribution in [2.45, 2.75) is 24.1 Å². The van der Waals surface area contributed by atoms with E-state index in [0.29, 0.717) is 44.0 Å². The molecule has 1 fully saturated rings. The zero-order valence-electron chi connectivity index (χ0n) is 14.3. The Morgan fingerprint density at radius 1 is 1.24 bits per heavy atom. The molecule has 2 aliphatic heterocycles. The monoisotopic (exact) mass is 390 g/mol. The molecule has 0 bridgehead atoms. The topological polar surface area (TPSA) is 84.9 Å². The van der Waals surface area contributed by atoms with Crippen molar-refractivity contribution in [1.29, 1.82) is 0 Å². The fourth-order valence-corrected chi connectivity index (χ4v) is 4.73. The van der Waals surface area contributed by atoms with Crippen LogP contribution in [0.5, 0.6) is 11.5 Å². The van der Waals surface area contributed by atoms with Crippen LogP contribution in [0.3, 0.4) is 0 Å². The maximum atomic E-state index is 13.0. The summed E-state index contributed by atoms with van der Waals surface area (Å²) in [5.41, 5.74) is 0.868. The van der Waals surface area contributed by atoms with Crippen LogP contribution in [0.4, 0.5) is 0 Å². The second kappa shape index (κ2) is 7.39. The number of amides is 1. The van der Waals surface area contributed by atoms with Gasteiger partial charge in [0, 0.05) is 19.8 Å². The van der Waals surface area contributed by atoms with Gasteiger partial charge in [-0.3, -0.25) is 4.79 Å². The molecule has 0 unspecified atom stereocenters. The van der Waals surface area contributed by atoms with E-state index in [0.717, 1.165) is 11.8 Å². The first-order valence-electron chi connectivity index (χ1n) is 7.88. The molecule has 0 radical (unpaired) electrons. The zero-order chi connectivity index (χ0) is 17.4. The van der Waals surface area contributed by atoms with Gasteiger partial charge >= 0.3 is 0 Å². The van der Waals surface area contributed by atoms with Gasteiger partial charge in [-0.1, -0.05) is 6.07 Å². The highest BCUT2D eigenvalue weighted by Crippen LogP contribution is 2.34. The summed E-state index contributed by atoms with van der Waals surface area (Å²) in [6, 6.07) is 5.47. The maximum Gasteiger partial charge on any atom is 0.244 e. The lowest BCUT2D eigenvalue weighted by atomic mass is 9.95. The average molecular weight is 391 g/mol. The Kier molecular flexibility index (Phi) is 5.86. The van der Waals surface area contributed by atoms with E-state index in [1.807, 2.05) is 12.1 Å². The van der Waals surface area contributed by atoms with E-state index in [4.69, 9.17) is 9.47 Å². The number of sulfone groups is 1. The van der Waals surface area contributed by atoms with Crippen molar-refractivity contribution < 1.29 is 22.7 Å². The van der Waals surface area contributed by atoms with E-state index >= 15 is 0 Å². The summed E-state index contributed by atoms with van der Waals surface area (Å²) in [7, 11) is -1.87. The van der Waals surface area contributed by atoms with Gasteiger partial charge in [0.2, 0.25) is 12.7 Å². The molecular weight excluding hydrogens is 368 g/mol. The number of ether oxygens (including phenoxy) is 2. The van der Waals surface area contributed by atoms with Crippen LogP contribution < -0.4 is 14.8 Å². The number of carbonyl (C=O) groups is 1.